The van der Waals surface area contributed by atoms with Gasteiger partial charge in [-0.2, -0.15) is 0 Å². The van der Waals surface area contributed by atoms with Gasteiger partial charge in [0.05, 0.1) is 25.2 Å². The number of benzene rings is 3. The second-order valence-electron chi connectivity index (χ2n) is 10.6. The Bertz CT molecular complexity index is 1460. The minimum Gasteiger partial charge on any atom is -0.497 e. The lowest BCUT2D eigenvalue weighted by Gasteiger charge is -2.37. The van der Waals surface area contributed by atoms with E-state index in [0.29, 0.717) is 48.6 Å². The van der Waals surface area contributed by atoms with E-state index in [9.17, 15) is 9.59 Å². The molecule has 0 spiro atoms. The van der Waals surface area contributed by atoms with Crippen LogP contribution in [0.1, 0.15) is 68.1 Å². The Balaban J connectivity index is 1.54. The Morgan fingerprint density at radius 2 is 1.68 bits per heavy atom. The Labute approximate surface area is 242 Å². The third-order valence-corrected chi connectivity index (χ3v) is 7.83. The molecule has 0 bridgehead atoms. The summed E-state index contributed by atoms with van der Waals surface area (Å²) in [5.41, 5.74) is 5.56. The van der Waals surface area contributed by atoms with Gasteiger partial charge in [-0.25, -0.2) is 4.79 Å². The Hall–Kier alpha value is -4.32. The number of carbonyl (C=O) groups excluding carboxylic acids is 2. The van der Waals surface area contributed by atoms with Crippen LogP contribution in [-0.4, -0.2) is 25.5 Å². The van der Waals surface area contributed by atoms with Gasteiger partial charge in [0.2, 0.25) is 0 Å². The second kappa shape index (κ2) is 12.9. The summed E-state index contributed by atoms with van der Waals surface area (Å²) < 4.78 is 17.4. The molecular weight excluding hydrogens is 514 g/mol. The summed E-state index contributed by atoms with van der Waals surface area (Å²) in [6.45, 7) is 4.66. The molecule has 0 aromatic heterocycles. The second-order valence-corrected chi connectivity index (χ2v) is 10.6. The van der Waals surface area contributed by atoms with Crippen LogP contribution in [0, 0.1) is 0 Å². The minimum absolute atomic E-state index is 0.0220. The molecular formula is C35H37NO5. The van der Waals surface area contributed by atoms with Gasteiger partial charge in [-0.15, -0.1) is 0 Å². The Morgan fingerprint density at radius 3 is 2.41 bits per heavy atom. The summed E-state index contributed by atoms with van der Waals surface area (Å²) >= 11 is 0. The van der Waals surface area contributed by atoms with Crippen molar-refractivity contribution in [1.82, 2.24) is 5.32 Å². The summed E-state index contributed by atoms with van der Waals surface area (Å²) in [6, 6.07) is 25.6. The molecule has 1 heterocycles. The molecule has 0 fully saturated rings. The lowest BCUT2D eigenvalue weighted by Crippen LogP contribution is -2.36. The van der Waals surface area contributed by atoms with Gasteiger partial charge in [-0.1, -0.05) is 74.0 Å². The first-order valence-corrected chi connectivity index (χ1v) is 14.3. The largest absolute Gasteiger partial charge is 0.497 e. The zero-order valence-corrected chi connectivity index (χ0v) is 23.9. The molecule has 1 N–H and O–H groups in total. The maximum atomic E-state index is 14.0. The van der Waals surface area contributed by atoms with Crippen LogP contribution in [0.5, 0.6) is 11.5 Å². The molecule has 3 aromatic rings. The van der Waals surface area contributed by atoms with Gasteiger partial charge < -0.3 is 19.5 Å². The fourth-order valence-corrected chi connectivity index (χ4v) is 5.71. The average molecular weight is 552 g/mol. The standard InChI is InChI=1S/C35H37NO5/c1-4-5-19-40-35(38)32-23(2)36-29-20-26(25-15-17-27(39-3)18-16-25)21-30(37)34(29)33(32)28-13-9-10-14-31(28)41-22-24-11-7-6-8-12-24/h6-18,26,33,36H,4-5,19-22H2,1-3H3/t26-,33+/m1/s1. The van der Waals surface area contributed by atoms with E-state index >= 15 is 0 Å². The van der Waals surface area contributed by atoms with Crippen molar-refractivity contribution >= 4 is 11.8 Å². The SMILES string of the molecule is CCCCOC(=O)C1=C(C)NC2=C(C(=O)C[C@H](c3ccc(OC)cc3)C2)[C@H]1c1ccccc1OCc1ccccc1. The van der Waals surface area contributed by atoms with Crippen molar-refractivity contribution in [3.8, 4) is 11.5 Å². The first-order chi connectivity index (χ1) is 20.0. The predicted molar refractivity (Wildman–Crippen MR) is 159 cm³/mol. The smallest absolute Gasteiger partial charge is 0.336 e. The van der Waals surface area contributed by atoms with Gasteiger partial charge in [0.25, 0.3) is 0 Å². The summed E-state index contributed by atoms with van der Waals surface area (Å²) in [7, 11) is 1.64. The van der Waals surface area contributed by atoms with Crippen molar-refractivity contribution in [1.29, 1.82) is 0 Å². The number of unbranched alkanes of at least 4 members (excludes halogenated alkanes) is 1. The quantitative estimate of drug-likeness (QED) is 0.217. The third-order valence-electron chi connectivity index (χ3n) is 7.83. The molecule has 2 aliphatic rings. The van der Waals surface area contributed by atoms with E-state index in [2.05, 4.69) is 12.2 Å². The fraction of sp³-hybridized carbons (Fsp3) is 0.314. The van der Waals surface area contributed by atoms with Crippen LogP contribution in [0.25, 0.3) is 0 Å². The molecule has 1 aliphatic carbocycles. The highest BCUT2D eigenvalue weighted by Gasteiger charge is 2.42. The van der Waals surface area contributed by atoms with Crippen LogP contribution in [0.3, 0.4) is 0 Å². The molecule has 2 atom stereocenters. The lowest BCUT2D eigenvalue weighted by atomic mass is 9.71. The monoisotopic (exact) mass is 551 g/mol. The Kier molecular flexibility index (Phi) is 8.88. The molecule has 0 saturated carbocycles. The van der Waals surface area contributed by atoms with Crippen molar-refractivity contribution < 1.29 is 23.8 Å². The number of ketones is 1. The highest BCUT2D eigenvalue weighted by molar-refractivity contribution is 6.04. The molecule has 5 rings (SSSR count). The molecule has 3 aromatic carbocycles. The van der Waals surface area contributed by atoms with E-state index in [4.69, 9.17) is 14.2 Å². The van der Waals surface area contributed by atoms with E-state index in [0.717, 1.165) is 41.0 Å². The highest BCUT2D eigenvalue weighted by Crippen LogP contribution is 2.48. The highest BCUT2D eigenvalue weighted by atomic mass is 16.5. The van der Waals surface area contributed by atoms with E-state index < -0.39 is 11.9 Å². The van der Waals surface area contributed by atoms with Crippen molar-refractivity contribution in [2.45, 2.75) is 58.0 Å². The molecule has 41 heavy (non-hydrogen) atoms. The number of allylic oxidation sites excluding steroid dienone is 3. The van der Waals surface area contributed by atoms with E-state index in [1.165, 1.54) is 0 Å². The molecule has 6 heteroatoms. The number of para-hydroxylation sites is 1. The summed E-state index contributed by atoms with van der Waals surface area (Å²) in [5.74, 6) is 0.486. The maximum Gasteiger partial charge on any atom is 0.336 e. The zero-order chi connectivity index (χ0) is 28.8. The van der Waals surface area contributed by atoms with Gasteiger partial charge >= 0.3 is 5.97 Å². The summed E-state index contributed by atoms with van der Waals surface area (Å²) in [5, 5.41) is 3.44. The number of carbonyl (C=O) groups is 2. The van der Waals surface area contributed by atoms with Gasteiger partial charge in [0.1, 0.15) is 18.1 Å². The van der Waals surface area contributed by atoms with Crippen molar-refractivity contribution in [3.63, 3.8) is 0 Å². The summed E-state index contributed by atoms with van der Waals surface area (Å²) in [4.78, 5) is 27.6. The topological polar surface area (TPSA) is 73.9 Å². The van der Waals surface area contributed by atoms with Gasteiger partial charge in [-0.3, -0.25) is 4.79 Å². The van der Waals surface area contributed by atoms with Crippen LogP contribution >= 0.6 is 0 Å². The molecule has 1 aliphatic heterocycles. The van der Waals surface area contributed by atoms with Gasteiger partial charge in [0.15, 0.2) is 5.78 Å². The van der Waals surface area contributed by atoms with Gasteiger partial charge in [0, 0.05) is 29.0 Å². The number of esters is 1. The van der Waals surface area contributed by atoms with E-state index in [1.54, 1.807) is 7.11 Å². The van der Waals surface area contributed by atoms with Crippen molar-refractivity contribution in [2.75, 3.05) is 13.7 Å². The van der Waals surface area contributed by atoms with Gasteiger partial charge in [-0.05, 0) is 55.0 Å². The Morgan fingerprint density at radius 1 is 0.951 bits per heavy atom. The summed E-state index contributed by atoms with van der Waals surface area (Å²) in [6.07, 6.45) is 2.72. The molecule has 0 saturated heterocycles. The number of ether oxygens (including phenoxy) is 3. The first kappa shape index (κ1) is 28.2. The third kappa shape index (κ3) is 6.22. The molecule has 0 unspecified atom stereocenters. The number of rotatable bonds is 10. The number of hydrogen-bond acceptors (Lipinski definition) is 6. The molecule has 0 radical (unpaired) electrons. The molecule has 212 valence electrons. The molecule has 0 amide bonds. The van der Waals surface area contributed by atoms with Crippen LogP contribution in [0.15, 0.2) is 101 Å². The molecule has 6 nitrogen and oxygen atoms in total. The fourth-order valence-electron chi connectivity index (χ4n) is 5.71. The van der Waals surface area contributed by atoms with Crippen LogP contribution in [0.2, 0.25) is 0 Å². The van der Waals surface area contributed by atoms with Crippen molar-refractivity contribution in [3.05, 3.63) is 118 Å². The zero-order valence-electron chi connectivity index (χ0n) is 23.9. The van der Waals surface area contributed by atoms with Crippen LogP contribution in [-0.2, 0) is 20.9 Å². The lowest BCUT2D eigenvalue weighted by molar-refractivity contribution is -0.139. The van der Waals surface area contributed by atoms with Crippen molar-refractivity contribution in [2.24, 2.45) is 0 Å². The number of nitrogens with one attached hydrogen (secondary N) is 1. The minimum atomic E-state index is -0.586. The maximum absolute atomic E-state index is 14.0. The average Bonchev–Trinajstić information content (AvgIpc) is 3.00. The number of dihydropyridines is 1. The predicted octanol–water partition coefficient (Wildman–Crippen LogP) is 6.98. The number of Topliss-reactive ketones (excluding diaryl/α,β-unsaturated/α-hetero) is 1. The first-order valence-electron chi connectivity index (χ1n) is 14.3. The number of hydrogen-bond donors (Lipinski definition) is 1. The van der Waals surface area contributed by atoms with Crippen LogP contribution < -0.4 is 14.8 Å². The van der Waals surface area contributed by atoms with E-state index in [1.807, 2.05) is 85.8 Å². The number of methoxy groups -OCH3 is 1. The van der Waals surface area contributed by atoms with Crippen LogP contribution in [0.4, 0.5) is 0 Å². The van der Waals surface area contributed by atoms with E-state index in [-0.39, 0.29) is 11.7 Å². The normalized spacial score (nSPS) is 18.5.